The van der Waals surface area contributed by atoms with Crippen LogP contribution in [0.15, 0.2) is 5.38 Å². The first kappa shape index (κ1) is 12.3. The Kier molecular flexibility index (Phi) is 3.59. The van der Waals surface area contributed by atoms with Crippen LogP contribution in [0, 0.1) is 13.8 Å². The summed E-state index contributed by atoms with van der Waals surface area (Å²) >= 11 is 1.69. The highest BCUT2D eigenvalue weighted by atomic mass is 32.1. The van der Waals surface area contributed by atoms with E-state index in [0.29, 0.717) is 0 Å². The van der Waals surface area contributed by atoms with E-state index in [9.17, 15) is 0 Å². The van der Waals surface area contributed by atoms with Crippen molar-refractivity contribution in [3.8, 4) is 11.3 Å². The Morgan fingerprint density at radius 1 is 1.41 bits per heavy atom. The fraction of sp³-hybridized carbons (Fsp3) is 0.500. The van der Waals surface area contributed by atoms with Crippen molar-refractivity contribution in [2.45, 2.75) is 33.9 Å². The summed E-state index contributed by atoms with van der Waals surface area (Å²) in [7, 11) is 1.94. The zero-order chi connectivity index (χ0) is 12.4. The fourth-order valence-electron chi connectivity index (χ4n) is 2.03. The van der Waals surface area contributed by atoms with Crippen LogP contribution in [-0.2, 0) is 13.1 Å². The van der Waals surface area contributed by atoms with Crippen LogP contribution in [-0.4, -0.2) is 21.8 Å². The van der Waals surface area contributed by atoms with Gasteiger partial charge in [0.2, 0.25) is 0 Å². The van der Waals surface area contributed by atoms with Gasteiger partial charge in [0.1, 0.15) is 5.01 Å². The minimum Gasteiger partial charge on any atom is -0.314 e. The Morgan fingerprint density at radius 3 is 2.76 bits per heavy atom. The van der Waals surface area contributed by atoms with Crippen LogP contribution >= 0.6 is 11.3 Å². The first-order valence-electron chi connectivity index (χ1n) is 5.80. The Labute approximate surface area is 106 Å². The molecule has 0 saturated carbocycles. The molecule has 0 saturated heterocycles. The Bertz CT molecular complexity index is 513. The number of nitrogens with zero attached hydrogens (tertiary/aromatic N) is 3. The summed E-state index contributed by atoms with van der Waals surface area (Å²) in [5.74, 6) is 0. The van der Waals surface area contributed by atoms with E-state index in [-0.39, 0.29) is 0 Å². The Balaban J connectivity index is 2.41. The lowest BCUT2D eigenvalue weighted by molar-refractivity contribution is 0.634. The van der Waals surface area contributed by atoms with Crippen molar-refractivity contribution >= 4 is 11.3 Å². The highest BCUT2D eigenvalue weighted by molar-refractivity contribution is 7.09. The number of hydrogen-bond acceptors (Lipinski definition) is 4. The summed E-state index contributed by atoms with van der Waals surface area (Å²) in [5, 5.41) is 10.9. The van der Waals surface area contributed by atoms with Crippen LogP contribution in [0.5, 0.6) is 0 Å². The number of rotatable bonds is 4. The quantitative estimate of drug-likeness (QED) is 0.906. The molecule has 0 aliphatic rings. The molecule has 0 spiro atoms. The van der Waals surface area contributed by atoms with Gasteiger partial charge in [-0.1, -0.05) is 0 Å². The molecule has 1 N–H and O–H groups in total. The molecule has 2 heterocycles. The minimum atomic E-state index is 0.824. The first-order chi connectivity index (χ1) is 8.17. The molecule has 92 valence electrons. The fourth-order valence-corrected chi connectivity index (χ4v) is 2.83. The summed E-state index contributed by atoms with van der Waals surface area (Å²) in [5.41, 5.74) is 4.50. The summed E-state index contributed by atoms with van der Waals surface area (Å²) in [6.07, 6.45) is 0. The van der Waals surface area contributed by atoms with Crippen LogP contribution < -0.4 is 5.32 Å². The van der Waals surface area contributed by atoms with Gasteiger partial charge in [0.05, 0.1) is 11.4 Å². The van der Waals surface area contributed by atoms with Crippen LogP contribution in [0.3, 0.4) is 0 Å². The highest BCUT2D eigenvalue weighted by Crippen LogP contribution is 2.28. The van der Waals surface area contributed by atoms with Crippen molar-refractivity contribution in [2.75, 3.05) is 7.05 Å². The van der Waals surface area contributed by atoms with Crippen molar-refractivity contribution in [2.24, 2.45) is 0 Å². The molecule has 0 amide bonds. The van der Waals surface area contributed by atoms with Crippen molar-refractivity contribution < 1.29 is 0 Å². The molecule has 0 aliphatic carbocycles. The highest BCUT2D eigenvalue weighted by Gasteiger charge is 2.15. The molecule has 2 aromatic rings. The van der Waals surface area contributed by atoms with E-state index in [1.54, 1.807) is 11.3 Å². The molecule has 4 nitrogen and oxygen atoms in total. The van der Waals surface area contributed by atoms with Gasteiger partial charge in [-0.25, -0.2) is 4.98 Å². The molecule has 17 heavy (non-hydrogen) atoms. The molecule has 0 unspecified atom stereocenters. The number of nitrogens with one attached hydrogen (secondary N) is 1. The molecule has 0 bridgehead atoms. The number of aromatic nitrogens is 3. The van der Waals surface area contributed by atoms with Gasteiger partial charge in [0.25, 0.3) is 0 Å². The van der Waals surface area contributed by atoms with Crippen LogP contribution in [0.25, 0.3) is 11.3 Å². The van der Waals surface area contributed by atoms with E-state index in [4.69, 9.17) is 0 Å². The Morgan fingerprint density at radius 2 is 2.18 bits per heavy atom. The lowest BCUT2D eigenvalue weighted by Gasteiger charge is -1.99. The van der Waals surface area contributed by atoms with Gasteiger partial charge < -0.3 is 5.32 Å². The molecule has 0 fully saturated rings. The lowest BCUT2D eigenvalue weighted by Crippen LogP contribution is -2.04. The topological polar surface area (TPSA) is 42.7 Å². The average Bonchev–Trinajstić information content (AvgIpc) is 2.84. The van der Waals surface area contributed by atoms with E-state index < -0.39 is 0 Å². The molecular formula is C12H18N4S. The molecule has 0 radical (unpaired) electrons. The van der Waals surface area contributed by atoms with Gasteiger partial charge in [-0.15, -0.1) is 11.3 Å². The molecule has 5 heteroatoms. The molecular weight excluding hydrogens is 232 g/mol. The first-order valence-corrected chi connectivity index (χ1v) is 6.68. The van der Waals surface area contributed by atoms with Crippen molar-refractivity contribution in [3.63, 3.8) is 0 Å². The predicted molar refractivity (Wildman–Crippen MR) is 71.2 cm³/mol. The van der Waals surface area contributed by atoms with E-state index in [0.717, 1.165) is 29.5 Å². The molecule has 0 atom stereocenters. The molecule has 2 rings (SSSR count). The van der Waals surface area contributed by atoms with E-state index in [2.05, 4.69) is 34.6 Å². The second kappa shape index (κ2) is 4.98. The SMILES string of the molecule is CCn1nc(C)c(-c2csc(CNC)n2)c1C. The zero-order valence-electron chi connectivity index (χ0n) is 10.7. The maximum atomic E-state index is 4.64. The van der Waals surface area contributed by atoms with Gasteiger partial charge in [-0.2, -0.15) is 5.10 Å². The number of thiazole rings is 1. The van der Waals surface area contributed by atoms with Crippen molar-refractivity contribution in [1.29, 1.82) is 0 Å². The maximum absolute atomic E-state index is 4.64. The maximum Gasteiger partial charge on any atom is 0.107 e. The van der Waals surface area contributed by atoms with Gasteiger partial charge in [-0.05, 0) is 27.8 Å². The van der Waals surface area contributed by atoms with Crippen LogP contribution in [0.2, 0.25) is 0 Å². The summed E-state index contributed by atoms with van der Waals surface area (Å²) in [4.78, 5) is 4.64. The van der Waals surface area contributed by atoms with E-state index in [1.807, 2.05) is 18.7 Å². The zero-order valence-corrected chi connectivity index (χ0v) is 11.6. The summed E-state index contributed by atoms with van der Waals surface area (Å²) in [6, 6.07) is 0. The van der Waals surface area contributed by atoms with Gasteiger partial charge in [-0.3, -0.25) is 4.68 Å². The lowest BCUT2D eigenvalue weighted by atomic mass is 10.1. The third-order valence-corrected chi connectivity index (χ3v) is 3.67. The van der Waals surface area contributed by atoms with Crippen LogP contribution in [0.4, 0.5) is 0 Å². The minimum absolute atomic E-state index is 0.824. The van der Waals surface area contributed by atoms with E-state index in [1.165, 1.54) is 11.3 Å². The number of aryl methyl sites for hydroxylation is 2. The normalized spacial score (nSPS) is 11.1. The van der Waals surface area contributed by atoms with Crippen molar-refractivity contribution in [3.05, 3.63) is 21.8 Å². The molecule has 0 aliphatic heterocycles. The van der Waals surface area contributed by atoms with Gasteiger partial charge in [0, 0.05) is 29.7 Å². The molecule has 0 aromatic carbocycles. The third kappa shape index (κ3) is 2.25. The van der Waals surface area contributed by atoms with Gasteiger partial charge in [0.15, 0.2) is 0 Å². The second-order valence-corrected chi connectivity index (χ2v) is 4.96. The smallest absolute Gasteiger partial charge is 0.107 e. The number of hydrogen-bond donors (Lipinski definition) is 1. The van der Waals surface area contributed by atoms with E-state index >= 15 is 0 Å². The third-order valence-electron chi connectivity index (χ3n) is 2.82. The summed E-state index contributed by atoms with van der Waals surface area (Å²) in [6.45, 7) is 7.99. The second-order valence-electron chi connectivity index (χ2n) is 4.02. The van der Waals surface area contributed by atoms with Gasteiger partial charge >= 0.3 is 0 Å². The Hall–Kier alpha value is -1.20. The largest absolute Gasteiger partial charge is 0.314 e. The average molecular weight is 250 g/mol. The monoisotopic (exact) mass is 250 g/mol. The summed E-state index contributed by atoms with van der Waals surface area (Å²) < 4.78 is 2.03. The van der Waals surface area contributed by atoms with Crippen LogP contribution in [0.1, 0.15) is 23.3 Å². The predicted octanol–water partition coefficient (Wildman–Crippen LogP) is 2.36. The molecule has 2 aromatic heterocycles. The van der Waals surface area contributed by atoms with Crippen molar-refractivity contribution in [1.82, 2.24) is 20.1 Å². The standard InChI is InChI=1S/C12H18N4S/c1-5-16-9(3)12(8(2)15-16)10-7-17-11(14-10)6-13-4/h7,13H,5-6H2,1-4H3.